The van der Waals surface area contributed by atoms with E-state index in [0.29, 0.717) is 22.4 Å². The van der Waals surface area contributed by atoms with E-state index in [-0.39, 0.29) is 18.6 Å². The predicted octanol–water partition coefficient (Wildman–Crippen LogP) is 2.28. The van der Waals surface area contributed by atoms with Gasteiger partial charge in [-0.25, -0.2) is 4.79 Å². The summed E-state index contributed by atoms with van der Waals surface area (Å²) in [4.78, 5) is 31.6. The molecule has 3 heterocycles. The highest BCUT2D eigenvalue weighted by Crippen LogP contribution is 2.24. The van der Waals surface area contributed by atoms with E-state index in [1.807, 2.05) is 24.3 Å². The summed E-state index contributed by atoms with van der Waals surface area (Å²) in [5.41, 5.74) is 4.67. The quantitative estimate of drug-likeness (QED) is 0.684. The van der Waals surface area contributed by atoms with Gasteiger partial charge in [0.05, 0.1) is 28.9 Å². The summed E-state index contributed by atoms with van der Waals surface area (Å²) in [6.07, 6.45) is -0.924. The Kier molecular flexibility index (Phi) is 5.79. The number of nitrogens with one attached hydrogen (secondary N) is 3. The first-order chi connectivity index (χ1) is 13.6. The monoisotopic (exact) mass is 422 g/mol. The Morgan fingerprint density at radius 1 is 1.29 bits per heavy atom. The normalized spacial score (nSPS) is 22.2. The summed E-state index contributed by atoms with van der Waals surface area (Å²) in [7, 11) is 0. The maximum Gasteiger partial charge on any atom is 0.414 e. The van der Waals surface area contributed by atoms with Crippen LogP contribution in [0.2, 0.25) is 4.34 Å². The number of hydroxylamine groups is 1. The van der Waals surface area contributed by atoms with Gasteiger partial charge >= 0.3 is 6.09 Å². The van der Waals surface area contributed by atoms with Gasteiger partial charge in [0.15, 0.2) is 0 Å². The van der Waals surface area contributed by atoms with Crippen LogP contribution in [0.15, 0.2) is 36.4 Å². The summed E-state index contributed by atoms with van der Waals surface area (Å²) in [6, 6.07) is 10.9. The number of cyclic esters (lactones) is 1. The van der Waals surface area contributed by atoms with Crippen molar-refractivity contribution in [3.8, 4) is 0 Å². The number of hydrogen-bond acceptors (Lipinski definition) is 7. The summed E-state index contributed by atoms with van der Waals surface area (Å²) >= 11 is 7.05. The molecule has 0 spiro atoms. The number of amides is 2. The Balaban J connectivity index is 1.33. The average molecular weight is 423 g/mol. The van der Waals surface area contributed by atoms with Crippen LogP contribution in [-0.4, -0.2) is 44.3 Å². The molecular weight excluding hydrogens is 404 g/mol. The second kappa shape index (κ2) is 8.46. The first kappa shape index (κ1) is 19.2. The van der Waals surface area contributed by atoms with Crippen LogP contribution in [0.1, 0.15) is 21.4 Å². The van der Waals surface area contributed by atoms with E-state index in [2.05, 4.69) is 16.1 Å². The number of benzene rings is 1. The molecule has 0 bridgehead atoms. The molecule has 2 aliphatic heterocycles. The predicted molar refractivity (Wildman–Crippen MR) is 106 cm³/mol. The third kappa shape index (κ3) is 4.29. The molecule has 0 radical (unpaired) electrons. The largest absolute Gasteiger partial charge is 0.442 e. The summed E-state index contributed by atoms with van der Waals surface area (Å²) in [6.45, 7) is 1.99. The lowest BCUT2D eigenvalue weighted by Gasteiger charge is -2.25. The van der Waals surface area contributed by atoms with Gasteiger partial charge in [0, 0.05) is 12.2 Å². The van der Waals surface area contributed by atoms with E-state index < -0.39 is 12.2 Å². The number of halogens is 1. The van der Waals surface area contributed by atoms with Gasteiger partial charge in [-0.15, -0.1) is 11.3 Å². The average Bonchev–Trinajstić information content (AvgIpc) is 3.32. The van der Waals surface area contributed by atoms with Crippen LogP contribution in [0.5, 0.6) is 0 Å². The van der Waals surface area contributed by atoms with Gasteiger partial charge in [-0.05, 0) is 29.8 Å². The highest BCUT2D eigenvalue weighted by Gasteiger charge is 2.32. The minimum atomic E-state index is -0.427. The fourth-order valence-electron chi connectivity index (χ4n) is 3.04. The molecule has 2 amide bonds. The highest BCUT2D eigenvalue weighted by molar-refractivity contribution is 7.17. The van der Waals surface area contributed by atoms with Crippen molar-refractivity contribution in [3.05, 3.63) is 51.2 Å². The molecule has 1 aromatic heterocycles. The van der Waals surface area contributed by atoms with Crippen LogP contribution < -0.4 is 21.0 Å². The van der Waals surface area contributed by atoms with E-state index in [4.69, 9.17) is 21.2 Å². The molecule has 2 unspecified atom stereocenters. The SMILES string of the molecule is O=C(NCC1CN(c2ccc(C3NCCON3)cc2)C(=O)O1)c1ccc(Cl)s1. The number of rotatable bonds is 5. The number of ether oxygens (including phenoxy) is 1. The van der Waals surface area contributed by atoms with Crippen molar-refractivity contribution in [2.24, 2.45) is 0 Å². The Morgan fingerprint density at radius 3 is 2.79 bits per heavy atom. The van der Waals surface area contributed by atoms with Gasteiger partial charge in [0.2, 0.25) is 0 Å². The lowest BCUT2D eigenvalue weighted by atomic mass is 10.1. The summed E-state index contributed by atoms with van der Waals surface area (Å²) in [5, 5.41) is 6.07. The van der Waals surface area contributed by atoms with Crippen LogP contribution in [0, 0.1) is 0 Å². The minimum absolute atomic E-state index is 0.0814. The van der Waals surface area contributed by atoms with Crippen LogP contribution in [0.25, 0.3) is 0 Å². The molecule has 3 N–H and O–H groups in total. The topological polar surface area (TPSA) is 91.9 Å². The molecule has 2 atom stereocenters. The van der Waals surface area contributed by atoms with Crippen LogP contribution >= 0.6 is 22.9 Å². The van der Waals surface area contributed by atoms with Crippen molar-refractivity contribution in [3.63, 3.8) is 0 Å². The number of carbonyl (C=O) groups is 2. The van der Waals surface area contributed by atoms with Crippen LogP contribution in [0.3, 0.4) is 0 Å². The third-order valence-corrected chi connectivity index (χ3v) is 5.68. The first-order valence-electron chi connectivity index (χ1n) is 8.82. The van der Waals surface area contributed by atoms with Crippen LogP contribution in [0.4, 0.5) is 10.5 Å². The molecule has 148 valence electrons. The number of hydrogen-bond donors (Lipinski definition) is 3. The molecule has 28 heavy (non-hydrogen) atoms. The van der Waals surface area contributed by atoms with Crippen molar-refractivity contribution in [1.29, 1.82) is 0 Å². The van der Waals surface area contributed by atoms with E-state index in [0.717, 1.165) is 17.8 Å². The lowest BCUT2D eigenvalue weighted by Crippen LogP contribution is -2.42. The maximum atomic E-state index is 12.2. The summed E-state index contributed by atoms with van der Waals surface area (Å²) in [5.74, 6) is -0.231. The number of thiophene rings is 1. The fourth-order valence-corrected chi connectivity index (χ4v) is 4.00. The second-order valence-corrected chi connectivity index (χ2v) is 8.09. The number of anilines is 1. The Labute approximate surface area is 170 Å². The van der Waals surface area contributed by atoms with Crippen molar-refractivity contribution >= 4 is 40.6 Å². The van der Waals surface area contributed by atoms with Gasteiger partial charge in [0.25, 0.3) is 5.91 Å². The van der Waals surface area contributed by atoms with Gasteiger partial charge in [0.1, 0.15) is 12.3 Å². The van der Waals surface area contributed by atoms with Gasteiger partial charge in [-0.3, -0.25) is 19.8 Å². The molecule has 0 aliphatic carbocycles. The number of nitrogens with zero attached hydrogens (tertiary/aromatic N) is 1. The molecule has 10 heteroatoms. The zero-order valence-electron chi connectivity index (χ0n) is 14.8. The zero-order chi connectivity index (χ0) is 19.5. The Bertz CT molecular complexity index is 854. The molecule has 2 fully saturated rings. The minimum Gasteiger partial charge on any atom is -0.442 e. The molecule has 1 aromatic carbocycles. The number of carbonyl (C=O) groups excluding carboxylic acids is 2. The van der Waals surface area contributed by atoms with Crippen molar-refractivity contribution in [2.45, 2.75) is 12.3 Å². The molecular formula is C18H19ClN4O4S. The molecule has 0 saturated carbocycles. The first-order valence-corrected chi connectivity index (χ1v) is 10.0. The van der Waals surface area contributed by atoms with E-state index in [1.165, 1.54) is 11.3 Å². The van der Waals surface area contributed by atoms with E-state index >= 15 is 0 Å². The standard InChI is InChI=1S/C18H19ClN4O4S/c19-15-6-5-14(28-15)17(24)21-9-13-10-23(18(25)27-13)12-3-1-11(2-4-12)16-20-7-8-26-22-16/h1-6,13,16,20,22H,7-10H2,(H,21,24). The van der Waals surface area contributed by atoms with Gasteiger partial charge in [-0.1, -0.05) is 23.7 Å². The van der Waals surface area contributed by atoms with Gasteiger partial charge < -0.3 is 10.1 Å². The maximum absolute atomic E-state index is 12.2. The van der Waals surface area contributed by atoms with Crippen LogP contribution in [-0.2, 0) is 9.57 Å². The smallest absolute Gasteiger partial charge is 0.414 e. The zero-order valence-corrected chi connectivity index (χ0v) is 16.4. The highest BCUT2D eigenvalue weighted by atomic mass is 35.5. The molecule has 2 aromatic rings. The Morgan fingerprint density at radius 2 is 2.11 bits per heavy atom. The Hall–Kier alpha value is -2.17. The van der Waals surface area contributed by atoms with E-state index in [9.17, 15) is 9.59 Å². The fraction of sp³-hybridized carbons (Fsp3) is 0.333. The van der Waals surface area contributed by atoms with E-state index in [1.54, 1.807) is 17.0 Å². The van der Waals surface area contributed by atoms with Crippen molar-refractivity contribution in [1.82, 2.24) is 16.1 Å². The lowest BCUT2D eigenvalue weighted by molar-refractivity contribution is -0.0238. The molecule has 4 rings (SSSR count). The molecule has 8 nitrogen and oxygen atoms in total. The van der Waals surface area contributed by atoms with Crippen molar-refractivity contribution < 1.29 is 19.2 Å². The second-order valence-electron chi connectivity index (χ2n) is 6.38. The van der Waals surface area contributed by atoms with Crippen molar-refractivity contribution in [2.75, 3.05) is 31.1 Å². The third-order valence-electron chi connectivity index (χ3n) is 4.45. The summed E-state index contributed by atoms with van der Waals surface area (Å²) < 4.78 is 5.92. The molecule has 2 aliphatic rings. The van der Waals surface area contributed by atoms with Gasteiger partial charge in [-0.2, -0.15) is 5.48 Å². The molecule has 2 saturated heterocycles.